The second kappa shape index (κ2) is 12.3. The SMILES string of the molecule is CC[C@H](C(=O)NC(C)(C)C)N(Cc1ccc(C)cc1)C(=O)CCCN(c1ccccc1F)S(C)(=O)=O. The van der Waals surface area contributed by atoms with Crippen LogP contribution in [0, 0.1) is 12.7 Å². The number of rotatable bonds is 11. The van der Waals surface area contributed by atoms with Gasteiger partial charge in [-0.3, -0.25) is 13.9 Å². The number of carbonyl (C=O) groups is 2. The third-order valence-corrected chi connectivity index (χ3v) is 6.81. The molecule has 9 heteroatoms. The fourth-order valence-corrected chi connectivity index (χ4v) is 4.87. The van der Waals surface area contributed by atoms with Crippen molar-refractivity contribution in [1.82, 2.24) is 10.2 Å². The van der Waals surface area contributed by atoms with Gasteiger partial charge in [0.05, 0.1) is 11.9 Å². The molecule has 198 valence electrons. The van der Waals surface area contributed by atoms with E-state index in [2.05, 4.69) is 5.32 Å². The number of sulfonamides is 1. The van der Waals surface area contributed by atoms with E-state index in [9.17, 15) is 22.4 Å². The van der Waals surface area contributed by atoms with E-state index in [1.807, 2.05) is 58.9 Å². The van der Waals surface area contributed by atoms with Crippen molar-refractivity contribution in [3.05, 3.63) is 65.5 Å². The molecule has 0 heterocycles. The number of anilines is 1. The first-order valence-corrected chi connectivity index (χ1v) is 14.0. The van der Waals surface area contributed by atoms with Crippen LogP contribution in [0.1, 0.15) is 58.1 Å². The molecule has 2 rings (SSSR count). The molecule has 0 radical (unpaired) electrons. The number of hydrogen-bond donors (Lipinski definition) is 1. The first-order chi connectivity index (χ1) is 16.7. The number of nitrogens with one attached hydrogen (secondary N) is 1. The highest BCUT2D eigenvalue weighted by molar-refractivity contribution is 7.92. The summed E-state index contributed by atoms with van der Waals surface area (Å²) in [6.07, 6.45) is 1.60. The number of benzene rings is 2. The molecule has 1 atom stereocenters. The van der Waals surface area contributed by atoms with Gasteiger partial charge in [-0.2, -0.15) is 0 Å². The summed E-state index contributed by atoms with van der Waals surface area (Å²) >= 11 is 0. The van der Waals surface area contributed by atoms with Crippen molar-refractivity contribution < 1.29 is 22.4 Å². The first-order valence-electron chi connectivity index (χ1n) is 12.1. The molecule has 7 nitrogen and oxygen atoms in total. The first kappa shape index (κ1) is 29.3. The third kappa shape index (κ3) is 8.62. The summed E-state index contributed by atoms with van der Waals surface area (Å²) in [6, 6.07) is 12.7. The lowest BCUT2D eigenvalue weighted by Gasteiger charge is -2.33. The highest BCUT2D eigenvalue weighted by Gasteiger charge is 2.31. The maximum Gasteiger partial charge on any atom is 0.243 e. The van der Waals surface area contributed by atoms with Crippen LogP contribution in [-0.4, -0.2) is 49.5 Å². The standard InChI is InChI=1S/C27H38FN3O4S/c1-7-23(26(33)29-27(3,4)5)30(19-21-16-14-20(2)15-17-21)25(32)13-10-18-31(36(6,34)35)24-12-9-8-11-22(24)28/h8-9,11-12,14-17,23H,7,10,13,18-19H2,1-6H3,(H,29,33)/t23-/m1/s1. The van der Waals surface area contributed by atoms with Crippen LogP contribution in [0.25, 0.3) is 0 Å². The van der Waals surface area contributed by atoms with Crippen molar-refractivity contribution in [1.29, 1.82) is 0 Å². The summed E-state index contributed by atoms with van der Waals surface area (Å²) in [4.78, 5) is 28.1. The van der Waals surface area contributed by atoms with Crippen LogP contribution < -0.4 is 9.62 Å². The Morgan fingerprint density at radius 3 is 2.19 bits per heavy atom. The molecule has 2 aromatic rings. The van der Waals surface area contributed by atoms with Crippen LogP contribution in [0.3, 0.4) is 0 Å². The molecule has 0 aromatic heterocycles. The predicted molar refractivity (Wildman–Crippen MR) is 142 cm³/mol. The summed E-state index contributed by atoms with van der Waals surface area (Å²) < 4.78 is 40.0. The molecule has 0 aliphatic carbocycles. The Morgan fingerprint density at radius 2 is 1.67 bits per heavy atom. The third-order valence-electron chi connectivity index (χ3n) is 5.63. The van der Waals surface area contributed by atoms with Gasteiger partial charge in [0.15, 0.2) is 0 Å². The van der Waals surface area contributed by atoms with Gasteiger partial charge >= 0.3 is 0 Å². The molecule has 36 heavy (non-hydrogen) atoms. The number of nitrogens with zero attached hydrogens (tertiary/aromatic N) is 2. The molecule has 0 bridgehead atoms. The Hall–Kier alpha value is -2.94. The summed E-state index contributed by atoms with van der Waals surface area (Å²) in [7, 11) is -3.76. The van der Waals surface area contributed by atoms with Gasteiger partial charge in [-0.15, -0.1) is 0 Å². The van der Waals surface area contributed by atoms with E-state index in [0.717, 1.165) is 21.7 Å². The van der Waals surface area contributed by atoms with Gasteiger partial charge in [0.1, 0.15) is 11.9 Å². The van der Waals surface area contributed by atoms with Crippen molar-refractivity contribution in [2.75, 3.05) is 17.1 Å². The molecule has 0 saturated heterocycles. The Balaban J connectivity index is 2.24. The minimum absolute atomic E-state index is 0.00559. The van der Waals surface area contributed by atoms with Crippen LogP contribution in [0.4, 0.5) is 10.1 Å². The van der Waals surface area contributed by atoms with E-state index in [1.54, 1.807) is 11.0 Å². The molecule has 0 unspecified atom stereocenters. The van der Waals surface area contributed by atoms with Gasteiger partial charge in [0, 0.05) is 25.0 Å². The maximum atomic E-state index is 14.3. The Kier molecular flexibility index (Phi) is 10.0. The van der Waals surface area contributed by atoms with Gasteiger partial charge in [0.2, 0.25) is 21.8 Å². The summed E-state index contributed by atoms with van der Waals surface area (Å²) in [5, 5.41) is 2.96. The zero-order valence-corrected chi connectivity index (χ0v) is 22.9. The molecule has 0 aliphatic heterocycles. The number of halogens is 1. The zero-order chi connectivity index (χ0) is 27.1. The van der Waals surface area contributed by atoms with Gasteiger partial charge in [-0.25, -0.2) is 12.8 Å². The van der Waals surface area contributed by atoms with Crippen LogP contribution >= 0.6 is 0 Å². The van der Waals surface area contributed by atoms with Crippen molar-refractivity contribution >= 4 is 27.5 Å². The van der Waals surface area contributed by atoms with Gasteiger partial charge < -0.3 is 10.2 Å². The fourth-order valence-electron chi connectivity index (χ4n) is 3.90. The lowest BCUT2D eigenvalue weighted by atomic mass is 10.0. The summed E-state index contributed by atoms with van der Waals surface area (Å²) in [5.41, 5.74) is 1.46. The minimum atomic E-state index is -3.76. The predicted octanol–water partition coefficient (Wildman–Crippen LogP) is 4.40. The lowest BCUT2D eigenvalue weighted by molar-refractivity contribution is -0.142. The molecule has 0 saturated carbocycles. The smallest absolute Gasteiger partial charge is 0.243 e. The monoisotopic (exact) mass is 519 g/mol. The summed E-state index contributed by atoms with van der Waals surface area (Å²) in [6.45, 7) is 9.66. The fraction of sp³-hybridized carbons (Fsp3) is 0.481. The molecule has 0 spiro atoms. The van der Waals surface area contributed by atoms with Crippen LogP contribution in [-0.2, 0) is 26.2 Å². The average molecular weight is 520 g/mol. The van der Waals surface area contributed by atoms with E-state index < -0.39 is 27.4 Å². The normalized spacial score (nSPS) is 12.6. The van der Waals surface area contributed by atoms with E-state index in [1.165, 1.54) is 18.2 Å². The number of hydrogen-bond acceptors (Lipinski definition) is 4. The molecular formula is C27H38FN3O4S. The lowest BCUT2D eigenvalue weighted by Crippen LogP contribution is -2.53. The molecular weight excluding hydrogens is 481 g/mol. The molecule has 0 fully saturated rings. The maximum absolute atomic E-state index is 14.3. The van der Waals surface area contributed by atoms with E-state index >= 15 is 0 Å². The summed E-state index contributed by atoms with van der Waals surface area (Å²) in [5.74, 6) is -1.16. The Labute approximate surface area is 214 Å². The number of para-hydroxylation sites is 1. The van der Waals surface area contributed by atoms with E-state index in [4.69, 9.17) is 0 Å². The quantitative estimate of drug-likeness (QED) is 0.477. The van der Waals surface area contributed by atoms with Gasteiger partial charge in [-0.05, 0) is 58.2 Å². The molecule has 1 N–H and O–H groups in total. The minimum Gasteiger partial charge on any atom is -0.350 e. The van der Waals surface area contributed by atoms with Crippen LogP contribution in [0.5, 0.6) is 0 Å². The highest BCUT2D eigenvalue weighted by atomic mass is 32.2. The van der Waals surface area contributed by atoms with E-state index in [-0.39, 0.29) is 43.4 Å². The largest absolute Gasteiger partial charge is 0.350 e. The highest BCUT2D eigenvalue weighted by Crippen LogP contribution is 2.22. The van der Waals surface area contributed by atoms with E-state index in [0.29, 0.717) is 6.42 Å². The van der Waals surface area contributed by atoms with Gasteiger partial charge in [0.25, 0.3) is 0 Å². The van der Waals surface area contributed by atoms with Crippen molar-refractivity contribution in [3.8, 4) is 0 Å². The number of carbonyl (C=O) groups excluding carboxylic acids is 2. The molecule has 2 amide bonds. The Bertz CT molecular complexity index is 1140. The topological polar surface area (TPSA) is 86.8 Å². The van der Waals surface area contributed by atoms with Gasteiger partial charge in [-0.1, -0.05) is 48.9 Å². The number of amides is 2. The average Bonchev–Trinajstić information content (AvgIpc) is 2.76. The number of aryl methyl sites for hydroxylation is 1. The van der Waals surface area contributed by atoms with Crippen molar-refractivity contribution in [2.24, 2.45) is 0 Å². The van der Waals surface area contributed by atoms with Crippen LogP contribution in [0.2, 0.25) is 0 Å². The van der Waals surface area contributed by atoms with Crippen molar-refractivity contribution in [3.63, 3.8) is 0 Å². The second-order valence-electron chi connectivity index (χ2n) is 10.1. The molecule has 0 aliphatic rings. The Morgan fingerprint density at radius 1 is 1.06 bits per heavy atom. The van der Waals surface area contributed by atoms with Crippen molar-refractivity contribution in [2.45, 2.75) is 72.0 Å². The molecule has 2 aromatic carbocycles. The van der Waals surface area contributed by atoms with Crippen LogP contribution in [0.15, 0.2) is 48.5 Å². The zero-order valence-electron chi connectivity index (χ0n) is 22.0. The second-order valence-corrected chi connectivity index (χ2v) is 12.0.